The number of aliphatic hydroxyl groups is 1. The summed E-state index contributed by atoms with van der Waals surface area (Å²) >= 11 is 0. The number of ether oxygens (including phenoxy) is 2. The number of aliphatic hydroxyl groups excluding tert-OH is 1. The molecule has 0 unspecified atom stereocenters. The smallest absolute Gasteiger partial charge is 0.336 e. The Labute approximate surface area is 174 Å². The molecule has 8 nitrogen and oxygen atoms in total. The van der Waals surface area contributed by atoms with E-state index in [2.05, 4.69) is 0 Å². The minimum absolute atomic E-state index is 0.00298. The molecule has 0 rings (SSSR count). The molecule has 170 valence electrons. The van der Waals surface area contributed by atoms with Gasteiger partial charge in [-0.05, 0) is 67.7 Å². The predicted octanol–water partition coefficient (Wildman–Crippen LogP) is 4.42. The molecule has 0 aromatic carbocycles. The fourth-order valence-corrected chi connectivity index (χ4v) is 3.15. The van der Waals surface area contributed by atoms with Crippen molar-refractivity contribution in [3.63, 3.8) is 0 Å². The van der Waals surface area contributed by atoms with Crippen molar-refractivity contribution in [3.05, 3.63) is 11.6 Å². The van der Waals surface area contributed by atoms with E-state index in [0.717, 1.165) is 5.57 Å². The van der Waals surface area contributed by atoms with Crippen LogP contribution < -0.4 is 0 Å². The molecule has 0 aliphatic carbocycles. The highest BCUT2D eigenvalue weighted by molar-refractivity contribution is 7.53. The van der Waals surface area contributed by atoms with Crippen molar-refractivity contribution in [1.82, 2.24) is 0 Å². The van der Waals surface area contributed by atoms with Crippen LogP contribution in [0, 0.1) is 10.8 Å². The van der Waals surface area contributed by atoms with Gasteiger partial charge in [-0.3, -0.25) is 23.2 Å². The van der Waals surface area contributed by atoms with Crippen LogP contribution in [-0.2, 0) is 32.7 Å². The Bertz CT molecular complexity index is 563. The van der Waals surface area contributed by atoms with Gasteiger partial charge in [0.2, 0.25) is 13.6 Å². The molecule has 0 saturated heterocycles. The number of rotatable bonds is 12. The van der Waals surface area contributed by atoms with E-state index >= 15 is 0 Å². The van der Waals surface area contributed by atoms with Gasteiger partial charge in [-0.2, -0.15) is 0 Å². The van der Waals surface area contributed by atoms with E-state index in [4.69, 9.17) is 23.6 Å². The van der Waals surface area contributed by atoms with Crippen LogP contribution in [0.3, 0.4) is 0 Å². The first-order chi connectivity index (χ1) is 13.2. The van der Waals surface area contributed by atoms with Crippen molar-refractivity contribution in [1.29, 1.82) is 0 Å². The highest BCUT2D eigenvalue weighted by Crippen LogP contribution is 2.49. The third-order valence-electron chi connectivity index (χ3n) is 3.73. The summed E-state index contributed by atoms with van der Waals surface area (Å²) in [5, 5.41) is 8.98. The molecule has 0 bridgehead atoms. The molecule has 0 heterocycles. The lowest BCUT2D eigenvalue weighted by atomic mass is 9.98. The molecule has 0 radical (unpaired) electrons. The van der Waals surface area contributed by atoms with Crippen molar-refractivity contribution < 1.29 is 37.8 Å². The second-order valence-corrected chi connectivity index (χ2v) is 11.1. The molecule has 0 aliphatic heterocycles. The van der Waals surface area contributed by atoms with Gasteiger partial charge in [-0.25, -0.2) is 0 Å². The molecule has 29 heavy (non-hydrogen) atoms. The SMILES string of the molecule is C/C(=C\CCCCP(=O)(OCOC(=O)C(C)(C)C)OCOC(=O)C(C)(C)C)CO. The van der Waals surface area contributed by atoms with Gasteiger partial charge in [-0.15, -0.1) is 0 Å². The third-order valence-corrected chi connectivity index (χ3v) is 5.59. The summed E-state index contributed by atoms with van der Waals surface area (Å²) in [4.78, 5) is 23.7. The molecule has 0 atom stereocenters. The number of unbranched alkanes of at least 4 members (excludes halogenated alkanes) is 2. The van der Waals surface area contributed by atoms with Gasteiger partial charge in [0.1, 0.15) is 0 Å². The zero-order chi connectivity index (χ0) is 22.7. The lowest BCUT2D eigenvalue weighted by molar-refractivity contribution is -0.162. The standard InChI is InChI=1S/C20H37O8P/c1-16(13-21)11-9-8-10-12-29(24,27-14-25-17(22)19(2,3)4)28-15-26-18(23)20(5,6)7/h11,21H,8-10,12-15H2,1-7H3/b16-11+. The third kappa shape index (κ3) is 12.9. The van der Waals surface area contributed by atoms with E-state index < -0.39 is 44.0 Å². The summed E-state index contributed by atoms with van der Waals surface area (Å²) in [6.45, 7) is 11.0. The summed E-state index contributed by atoms with van der Waals surface area (Å²) in [6, 6.07) is 0. The van der Waals surface area contributed by atoms with E-state index in [1.165, 1.54) is 0 Å². The summed E-state index contributed by atoms with van der Waals surface area (Å²) < 4.78 is 33.5. The number of esters is 2. The molecule has 0 saturated carbocycles. The number of carbonyl (C=O) groups is 2. The molecular weight excluding hydrogens is 399 g/mol. The van der Waals surface area contributed by atoms with E-state index in [-0.39, 0.29) is 12.8 Å². The first-order valence-corrected chi connectivity index (χ1v) is 11.4. The second-order valence-electron chi connectivity index (χ2n) is 8.90. The molecule has 9 heteroatoms. The second kappa shape index (κ2) is 12.5. The summed E-state index contributed by atoms with van der Waals surface area (Å²) in [6.07, 6.45) is 3.93. The fraction of sp³-hybridized carbons (Fsp3) is 0.800. The van der Waals surface area contributed by atoms with E-state index in [1.807, 2.05) is 13.0 Å². The van der Waals surface area contributed by atoms with E-state index in [9.17, 15) is 14.2 Å². The number of allylic oxidation sites excluding steroid dienone is 1. The van der Waals surface area contributed by atoms with E-state index in [0.29, 0.717) is 19.3 Å². The Kier molecular flexibility index (Phi) is 12.0. The average molecular weight is 436 g/mol. The maximum atomic E-state index is 12.9. The fourth-order valence-electron chi connectivity index (χ4n) is 1.78. The minimum Gasteiger partial charge on any atom is -0.438 e. The lowest BCUT2D eigenvalue weighted by Gasteiger charge is -2.22. The van der Waals surface area contributed by atoms with Crippen LogP contribution in [0.15, 0.2) is 11.6 Å². The van der Waals surface area contributed by atoms with Crippen molar-refractivity contribution in [3.8, 4) is 0 Å². The Morgan fingerprint density at radius 2 is 1.34 bits per heavy atom. The van der Waals surface area contributed by atoms with Crippen molar-refractivity contribution in [2.75, 3.05) is 26.4 Å². The van der Waals surface area contributed by atoms with Crippen LogP contribution >= 0.6 is 7.60 Å². The Morgan fingerprint density at radius 1 is 0.897 bits per heavy atom. The quantitative estimate of drug-likeness (QED) is 0.157. The first kappa shape index (κ1) is 27.8. The largest absolute Gasteiger partial charge is 0.438 e. The molecular formula is C20H37O8P. The van der Waals surface area contributed by atoms with Gasteiger partial charge in [0, 0.05) is 0 Å². The average Bonchev–Trinajstić information content (AvgIpc) is 2.59. The van der Waals surface area contributed by atoms with Crippen LogP contribution in [0.2, 0.25) is 0 Å². The minimum atomic E-state index is -3.63. The maximum Gasteiger partial charge on any atom is 0.336 e. The zero-order valence-electron chi connectivity index (χ0n) is 18.8. The molecule has 0 amide bonds. The first-order valence-electron chi connectivity index (χ1n) is 9.70. The highest BCUT2D eigenvalue weighted by atomic mass is 31.2. The molecule has 1 N–H and O–H groups in total. The van der Waals surface area contributed by atoms with Gasteiger partial charge in [0.05, 0.1) is 23.6 Å². The summed E-state index contributed by atoms with van der Waals surface area (Å²) in [5.41, 5.74) is -0.565. The topological polar surface area (TPSA) is 108 Å². The Hall–Kier alpha value is -1.21. The van der Waals surface area contributed by atoms with E-state index in [1.54, 1.807) is 41.5 Å². The van der Waals surface area contributed by atoms with Crippen LogP contribution in [-0.4, -0.2) is 43.4 Å². The Morgan fingerprint density at radius 3 is 1.72 bits per heavy atom. The number of carbonyl (C=O) groups excluding carboxylic acids is 2. The molecule has 0 spiro atoms. The van der Waals surface area contributed by atoms with Crippen LogP contribution in [0.4, 0.5) is 0 Å². The zero-order valence-corrected chi connectivity index (χ0v) is 19.7. The van der Waals surface area contributed by atoms with Gasteiger partial charge in [0.25, 0.3) is 0 Å². The monoisotopic (exact) mass is 436 g/mol. The van der Waals surface area contributed by atoms with Crippen LogP contribution in [0.5, 0.6) is 0 Å². The number of hydrogen-bond donors (Lipinski definition) is 1. The van der Waals surface area contributed by atoms with Crippen molar-refractivity contribution in [2.45, 2.75) is 67.7 Å². The summed E-state index contributed by atoms with van der Waals surface area (Å²) in [5.74, 6) is -0.986. The van der Waals surface area contributed by atoms with Crippen molar-refractivity contribution in [2.24, 2.45) is 10.8 Å². The molecule has 0 aromatic heterocycles. The maximum absolute atomic E-state index is 12.9. The normalized spacial score (nSPS) is 13.3. The van der Waals surface area contributed by atoms with Crippen LogP contribution in [0.25, 0.3) is 0 Å². The molecule has 0 aromatic rings. The van der Waals surface area contributed by atoms with Gasteiger partial charge in [-0.1, -0.05) is 11.6 Å². The summed E-state index contributed by atoms with van der Waals surface area (Å²) in [7, 11) is -3.63. The lowest BCUT2D eigenvalue weighted by Crippen LogP contribution is -2.25. The van der Waals surface area contributed by atoms with Gasteiger partial charge < -0.3 is 14.6 Å². The highest BCUT2D eigenvalue weighted by Gasteiger charge is 2.29. The van der Waals surface area contributed by atoms with Crippen molar-refractivity contribution >= 4 is 19.5 Å². The molecule has 0 fully saturated rings. The van der Waals surface area contributed by atoms with Gasteiger partial charge >= 0.3 is 19.5 Å². The Balaban J connectivity index is 4.73. The molecule has 0 aliphatic rings. The van der Waals surface area contributed by atoms with Crippen LogP contribution in [0.1, 0.15) is 67.7 Å². The number of hydrogen-bond acceptors (Lipinski definition) is 8. The predicted molar refractivity (Wildman–Crippen MR) is 110 cm³/mol. The van der Waals surface area contributed by atoms with Gasteiger partial charge in [0.15, 0.2) is 0 Å².